The second-order valence-corrected chi connectivity index (χ2v) is 4.14. The molecule has 0 saturated heterocycles. The second kappa shape index (κ2) is 3.50. The molecular weight excluding hydrogens is 162 g/mol. The van der Waals surface area contributed by atoms with E-state index < -0.39 is 0 Å². The highest BCUT2D eigenvalue weighted by Crippen LogP contribution is 2.33. The minimum Gasteiger partial charge on any atom is -0.308 e. The molecule has 3 atom stereocenters. The highest BCUT2D eigenvalue weighted by atomic mass is 15.1. The number of aromatic nitrogens is 2. The maximum atomic E-state index is 3.91. The summed E-state index contributed by atoms with van der Waals surface area (Å²) in [5.41, 5.74) is 1.17. The Labute approximate surface area is 78.9 Å². The van der Waals surface area contributed by atoms with Crippen LogP contribution in [0.5, 0.6) is 0 Å². The highest BCUT2D eigenvalue weighted by molar-refractivity contribution is 4.98. The fourth-order valence-electron chi connectivity index (χ4n) is 1.92. The van der Waals surface area contributed by atoms with Crippen LogP contribution in [-0.2, 0) is 6.54 Å². The zero-order chi connectivity index (χ0) is 9.26. The lowest BCUT2D eigenvalue weighted by atomic mass is 9.71. The Kier molecular flexibility index (Phi) is 2.36. The average molecular weight is 179 g/mol. The molecule has 13 heavy (non-hydrogen) atoms. The fraction of sp³-hybridized carbons (Fsp3) is 0.700. The van der Waals surface area contributed by atoms with Crippen molar-refractivity contribution >= 4 is 0 Å². The van der Waals surface area contributed by atoms with Crippen molar-refractivity contribution < 1.29 is 0 Å². The Balaban J connectivity index is 1.75. The zero-order valence-electron chi connectivity index (χ0n) is 8.25. The van der Waals surface area contributed by atoms with Crippen molar-refractivity contribution in [2.45, 2.75) is 32.9 Å². The van der Waals surface area contributed by atoms with E-state index in [4.69, 9.17) is 0 Å². The van der Waals surface area contributed by atoms with Gasteiger partial charge in [0.2, 0.25) is 0 Å². The summed E-state index contributed by atoms with van der Waals surface area (Å²) in [6, 6.07) is 2.72. The lowest BCUT2D eigenvalue weighted by molar-refractivity contribution is 0.136. The number of nitrogens with one attached hydrogen (secondary N) is 2. The summed E-state index contributed by atoms with van der Waals surface area (Å²) in [6.45, 7) is 5.56. The summed E-state index contributed by atoms with van der Waals surface area (Å²) in [4.78, 5) is 0. The molecule has 0 bridgehead atoms. The van der Waals surface area contributed by atoms with Crippen LogP contribution in [0.2, 0.25) is 0 Å². The first kappa shape index (κ1) is 8.75. The van der Waals surface area contributed by atoms with Gasteiger partial charge in [-0.15, -0.1) is 0 Å². The number of H-pyrrole nitrogens is 1. The molecule has 3 unspecified atom stereocenters. The third-order valence-electron chi connectivity index (χ3n) is 3.27. The molecule has 1 heterocycles. The molecule has 0 amide bonds. The van der Waals surface area contributed by atoms with E-state index in [1.165, 1.54) is 12.1 Å². The lowest BCUT2D eigenvalue weighted by Gasteiger charge is -2.41. The predicted molar refractivity (Wildman–Crippen MR) is 52.2 cm³/mol. The van der Waals surface area contributed by atoms with E-state index in [2.05, 4.69) is 29.4 Å². The third kappa shape index (κ3) is 1.75. The molecule has 1 aromatic rings. The van der Waals surface area contributed by atoms with Gasteiger partial charge in [0.15, 0.2) is 0 Å². The van der Waals surface area contributed by atoms with Gasteiger partial charge in [0.05, 0.1) is 0 Å². The number of hydrogen-bond donors (Lipinski definition) is 2. The van der Waals surface area contributed by atoms with Crippen LogP contribution in [-0.4, -0.2) is 16.2 Å². The van der Waals surface area contributed by atoms with Crippen LogP contribution in [0.1, 0.15) is 26.0 Å². The van der Waals surface area contributed by atoms with Crippen molar-refractivity contribution in [2.75, 3.05) is 0 Å². The fourth-order valence-corrected chi connectivity index (χ4v) is 1.92. The number of rotatable bonds is 3. The summed E-state index contributed by atoms with van der Waals surface area (Å²) in [5, 5.41) is 10.4. The van der Waals surface area contributed by atoms with Crippen LogP contribution >= 0.6 is 0 Å². The predicted octanol–water partition coefficient (Wildman–Crippen LogP) is 1.54. The SMILES string of the molecule is CC1CC(NCc2ccn[nH]2)C1C. The zero-order valence-corrected chi connectivity index (χ0v) is 8.25. The normalized spacial score (nSPS) is 32.9. The molecule has 2 rings (SSSR count). The van der Waals surface area contributed by atoms with Gasteiger partial charge in [-0.2, -0.15) is 5.10 Å². The topological polar surface area (TPSA) is 40.7 Å². The summed E-state index contributed by atoms with van der Waals surface area (Å²) in [6.07, 6.45) is 3.11. The molecular formula is C10H17N3. The van der Waals surface area contributed by atoms with E-state index in [9.17, 15) is 0 Å². The van der Waals surface area contributed by atoms with Gasteiger partial charge in [-0.25, -0.2) is 0 Å². The van der Waals surface area contributed by atoms with Gasteiger partial charge in [-0.05, 0) is 24.3 Å². The maximum Gasteiger partial charge on any atom is 0.0490 e. The molecule has 1 saturated carbocycles. The minimum absolute atomic E-state index is 0.707. The largest absolute Gasteiger partial charge is 0.308 e. The summed E-state index contributed by atoms with van der Waals surface area (Å²) in [7, 11) is 0. The molecule has 0 aliphatic heterocycles. The van der Waals surface area contributed by atoms with E-state index in [-0.39, 0.29) is 0 Å². The van der Waals surface area contributed by atoms with Crippen molar-refractivity contribution in [1.29, 1.82) is 0 Å². The van der Waals surface area contributed by atoms with E-state index in [0.717, 1.165) is 18.4 Å². The molecule has 0 spiro atoms. The summed E-state index contributed by atoms with van der Waals surface area (Å²) < 4.78 is 0. The molecule has 72 valence electrons. The average Bonchev–Trinajstić information content (AvgIpc) is 2.64. The molecule has 1 fully saturated rings. The van der Waals surface area contributed by atoms with Crippen molar-refractivity contribution in [3.8, 4) is 0 Å². The number of nitrogens with zero attached hydrogens (tertiary/aromatic N) is 1. The van der Waals surface area contributed by atoms with Crippen LogP contribution < -0.4 is 5.32 Å². The first-order chi connectivity index (χ1) is 6.27. The smallest absolute Gasteiger partial charge is 0.0490 e. The van der Waals surface area contributed by atoms with Crippen molar-refractivity contribution in [2.24, 2.45) is 11.8 Å². The van der Waals surface area contributed by atoms with Gasteiger partial charge < -0.3 is 5.32 Å². The molecule has 2 N–H and O–H groups in total. The standard InChI is InChI=1S/C10H17N3/c1-7-5-10(8(7)2)11-6-9-3-4-12-13-9/h3-4,7-8,10-11H,5-6H2,1-2H3,(H,12,13). The van der Waals surface area contributed by atoms with Gasteiger partial charge in [-0.1, -0.05) is 13.8 Å². The molecule has 0 radical (unpaired) electrons. The van der Waals surface area contributed by atoms with E-state index in [1.54, 1.807) is 6.20 Å². The molecule has 3 heteroatoms. The van der Waals surface area contributed by atoms with Crippen LogP contribution in [0, 0.1) is 11.8 Å². The van der Waals surface area contributed by atoms with Crippen LogP contribution in [0.25, 0.3) is 0 Å². The number of aromatic amines is 1. The molecule has 1 aliphatic carbocycles. The van der Waals surface area contributed by atoms with Crippen LogP contribution in [0.15, 0.2) is 12.3 Å². The maximum absolute atomic E-state index is 3.91. The second-order valence-electron chi connectivity index (χ2n) is 4.14. The molecule has 1 aromatic heterocycles. The van der Waals surface area contributed by atoms with Gasteiger partial charge in [0.1, 0.15) is 0 Å². The van der Waals surface area contributed by atoms with Crippen molar-refractivity contribution in [3.63, 3.8) is 0 Å². The Bertz CT molecular complexity index is 255. The van der Waals surface area contributed by atoms with Gasteiger partial charge in [0, 0.05) is 24.5 Å². The summed E-state index contributed by atoms with van der Waals surface area (Å²) >= 11 is 0. The van der Waals surface area contributed by atoms with Gasteiger partial charge >= 0.3 is 0 Å². The van der Waals surface area contributed by atoms with Gasteiger partial charge in [-0.3, -0.25) is 5.10 Å². The quantitative estimate of drug-likeness (QED) is 0.739. The first-order valence-corrected chi connectivity index (χ1v) is 4.99. The molecule has 1 aliphatic rings. The van der Waals surface area contributed by atoms with E-state index in [0.29, 0.717) is 6.04 Å². The van der Waals surface area contributed by atoms with Crippen molar-refractivity contribution in [3.05, 3.63) is 18.0 Å². The minimum atomic E-state index is 0.707. The molecule has 3 nitrogen and oxygen atoms in total. The van der Waals surface area contributed by atoms with Crippen LogP contribution in [0.3, 0.4) is 0 Å². The monoisotopic (exact) mass is 179 g/mol. The highest BCUT2D eigenvalue weighted by Gasteiger charge is 2.33. The number of hydrogen-bond acceptors (Lipinski definition) is 2. The Morgan fingerprint density at radius 2 is 2.46 bits per heavy atom. The Hall–Kier alpha value is -0.830. The van der Waals surface area contributed by atoms with E-state index in [1.807, 2.05) is 6.07 Å². The summed E-state index contributed by atoms with van der Waals surface area (Å²) in [5.74, 6) is 1.71. The third-order valence-corrected chi connectivity index (χ3v) is 3.27. The van der Waals surface area contributed by atoms with Crippen molar-refractivity contribution in [1.82, 2.24) is 15.5 Å². The van der Waals surface area contributed by atoms with E-state index >= 15 is 0 Å². The lowest BCUT2D eigenvalue weighted by Crippen LogP contribution is -2.47. The Morgan fingerprint density at radius 3 is 3.00 bits per heavy atom. The first-order valence-electron chi connectivity index (χ1n) is 4.99. The Morgan fingerprint density at radius 1 is 1.62 bits per heavy atom. The molecule has 0 aromatic carbocycles. The van der Waals surface area contributed by atoms with Crippen LogP contribution in [0.4, 0.5) is 0 Å². The van der Waals surface area contributed by atoms with Gasteiger partial charge in [0.25, 0.3) is 0 Å².